The number of hydrogen-bond acceptors (Lipinski definition) is 3. The smallest absolute Gasteiger partial charge is 0.330 e. The second kappa shape index (κ2) is 9.14. The van der Waals surface area contributed by atoms with Crippen LogP contribution in [0.5, 0.6) is 0 Å². The summed E-state index contributed by atoms with van der Waals surface area (Å²) in [5, 5.41) is 0. The number of benzene rings is 2. The molecule has 0 fully saturated rings. The van der Waals surface area contributed by atoms with Crippen LogP contribution in [0.25, 0.3) is 0 Å². The second-order valence-corrected chi connectivity index (χ2v) is 5.41. The van der Waals surface area contributed by atoms with Crippen molar-refractivity contribution in [3.63, 3.8) is 0 Å². The minimum absolute atomic E-state index is 0.0434. The molecule has 0 aliphatic rings. The maximum absolute atomic E-state index is 14.0. The van der Waals surface area contributed by atoms with Crippen LogP contribution in [0.3, 0.4) is 0 Å². The summed E-state index contributed by atoms with van der Waals surface area (Å²) in [5.74, 6) is 4.68. The van der Waals surface area contributed by atoms with Crippen LogP contribution in [0.15, 0.2) is 67.8 Å². The van der Waals surface area contributed by atoms with Gasteiger partial charge in [0.25, 0.3) is 0 Å². The van der Waals surface area contributed by atoms with Crippen LogP contribution in [0.4, 0.5) is 4.39 Å². The van der Waals surface area contributed by atoms with Crippen LogP contribution in [0.1, 0.15) is 22.3 Å². The lowest BCUT2D eigenvalue weighted by Crippen LogP contribution is -2.02. The van der Waals surface area contributed by atoms with E-state index in [1.54, 1.807) is 18.2 Å². The van der Waals surface area contributed by atoms with Gasteiger partial charge in [0.2, 0.25) is 0 Å². The molecular weight excluding hydrogens is 331 g/mol. The van der Waals surface area contributed by atoms with Crippen LogP contribution >= 0.6 is 0 Å². The molecular formula is C22H17FO3. The first-order chi connectivity index (χ1) is 12.5. The summed E-state index contributed by atoms with van der Waals surface area (Å²) in [6.07, 6.45) is 2.63. The largest absolute Gasteiger partial charge is 0.458 e. The van der Waals surface area contributed by atoms with Crippen molar-refractivity contribution in [3.05, 3.63) is 95.8 Å². The fourth-order valence-electron chi connectivity index (χ4n) is 2.07. The average molecular weight is 348 g/mol. The Morgan fingerprint density at radius 2 is 1.65 bits per heavy atom. The highest BCUT2D eigenvalue weighted by Crippen LogP contribution is 2.12. The highest BCUT2D eigenvalue weighted by atomic mass is 19.1. The van der Waals surface area contributed by atoms with Gasteiger partial charge >= 0.3 is 5.97 Å². The zero-order valence-corrected chi connectivity index (χ0v) is 14.1. The number of ketones is 1. The van der Waals surface area contributed by atoms with Crippen molar-refractivity contribution in [2.45, 2.75) is 13.0 Å². The van der Waals surface area contributed by atoms with Crippen molar-refractivity contribution >= 4 is 11.8 Å². The number of halogens is 1. The molecule has 0 atom stereocenters. The molecule has 4 heteroatoms. The van der Waals surface area contributed by atoms with Gasteiger partial charge in [0, 0.05) is 29.2 Å². The minimum atomic E-state index is -0.605. The molecule has 0 aliphatic carbocycles. The predicted octanol–water partition coefficient (Wildman–Crippen LogP) is 3.75. The van der Waals surface area contributed by atoms with Gasteiger partial charge in [-0.15, -0.1) is 0 Å². The van der Waals surface area contributed by atoms with E-state index in [2.05, 4.69) is 25.0 Å². The van der Waals surface area contributed by atoms with Gasteiger partial charge in [0.15, 0.2) is 5.78 Å². The molecule has 0 spiro atoms. The zero-order valence-electron chi connectivity index (χ0n) is 14.1. The fourth-order valence-corrected chi connectivity index (χ4v) is 2.07. The molecule has 0 unspecified atom stereocenters. The van der Waals surface area contributed by atoms with Crippen molar-refractivity contribution in [2.75, 3.05) is 0 Å². The SMILES string of the molecule is C=CC(=O)Cc1ccc(C#Cc2ccc(COC(=O)C=C)c(F)c2)cc1. The lowest BCUT2D eigenvalue weighted by molar-refractivity contribution is -0.139. The lowest BCUT2D eigenvalue weighted by atomic mass is 10.1. The van der Waals surface area contributed by atoms with Crippen molar-refractivity contribution < 1.29 is 18.7 Å². The second-order valence-electron chi connectivity index (χ2n) is 5.41. The van der Waals surface area contributed by atoms with E-state index in [0.29, 0.717) is 12.0 Å². The molecule has 2 aromatic carbocycles. The van der Waals surface area contributed by atoms with Crippen molar-refractivity contribution in [1.82, 2.24) is 0 Å². The molecule has 0 bridgehead atoms. The van der Waals surface area contributed by atoms with Crippen molar-refractivity contribution in [2.24, 2.45) is 0 Å². The minimum Gasteiger partial charge on any atom is -0.458 e. The summed E-state index contributed by atoms with van der Waals surface area (Å²) in [6, 6.07) is 11.7. The third kappa shape index (κ3) is 5.57. The van der Waals surface area contributed by atoms with Gasteiger partial charge in [0.1, 0.15) is 12.4 Å². The molecule has 130 valence electrons. The first-order valence-electron chi connectivity index (χ1n) is 7.85. The van der Waals surface area contributed by atoms with Gasteiger partial charge in [0.05, 0.1) is 0 Å². The Balaban J connectivity index is 2.06. The van der Waals surface area contributed by atoms with E-state index >= 15 is 0 Å². The van der Waals surface area contributed by atoms with Gasteiger partial charge < -0.3 is 4.74 Å². The Kier molecular flexibility index (Phi) is 6.64. The molecule has 2 rings (SSSR count). The third-order valence-electron chi connectivity index (χ3n) is 3.50. The summed E-state index contributed by atoms with van der Waals surface area (Å²) in [7, 11) is 0. The molecule has 0 heterocycles. The molecule has 26 heavy (non-hydrogen) atoms. The predicted molar refractivity (Wildman–Crippen MR) is 97.7 cm³/mol. The number of carbonyl (C=O) groups is 2. The van der Waals surface area contributed by atoms with Gasteiger partial charge in [-0.2, -0.15) is 0 Å². The van der Waals surface area contributed by atoms with E-state index in [0.717, 1.165) is 17.2 Å². The summed E-state index contributed by atoms with van der Waals surface area (Å²) >= 11 is 0. The van der Waals surface area contributed by atoms with Crippen LogP contribution < -0.4 is 0 Å². The molecule has 3 nitrogen and oxygen atoms in total. The molecule has 0 saturated carbocycles. The Labute approximate surface area is 151 Å². The summed E-state index contributed by atoms with van der Waals surface area (Å²) < 4.78 is 18.8. The summed E-state index contributed by atoms with van der Waals surface area (Å²) in [5.41, 5.74) is 2.41. The molecule has 0 N–H and O–H groups in total. The highest BCUT2D eigenvalue weighted by Gasteiger charge is 2.05. The number of carbonyl (C=O) groups excluding carboxylic acids is 2. The maximum atomic E-state index is 14.0. The number of rotatable bonds is 6. The molecule has 0 aliphatic heterocycles. The normalized spacial score (nSPS) is 9.58. The number of allylic oxidation sites excluding steroid dienone is 1. The number of esters is 1. The van der Waals surface area contributed by atoms with Crippen LogP contribution in [-0.2, 0) is 27.4 Å². The monoisotopic (exact) mass is 348 g/mol. The van der Waals surface area contributed by atoms with E-state index in [9.17, 15) is 14.0 Å². The number of hydrogen-bond donors (Lipinski definition) is 0. The first-order valence-corrected chi connectivity index (χ1v) is 7.85. The molecule has 0 aromatic heterocycles. The van der Waals surface area contributed by atoms with Crippen molar-refractivity contribution in [1.29, 1.82) is 0 Å². The van der Waals surface area contributed by atoms with Gasteiger partial charge in [-0.25, -0.2) is 9.18 Å². The van der Waals surface area contributed by atoms with Gasteiger partial charge in [-0.3, -0.25) is 4.79 Å². The van der Waals surface area contributed by atoms with Crippen LogP contribution in [0, 0.1) is 17.7 Å². The van der Waals surface area contributed by atoms with E-state index < -0.39 is 11.8 Å². The van der Waals surface area contributed by atoms with Crippen LogP contribution in [-0.4, -0.2) is 11.8 Å². The third-order valence-corrected chi connectivity index (χ3v) is 3.50. The Bertz CT molecular complexity index is 899. The maximum Gasteiger partial charge on any atom is 0.330 e. The Morgan fingerprint density at radius 1 is 1.00 bits per heavy atom. The topological polar surface area (TPSA) is 43.4 Å². The Hall–Kier alpha value is -3.45. The molecule has 2 aromatic rings. The van der Waals surface area contributed by atoms with E-state index in [-0.39, 0.29) is 18.0 Å². The molecule has 0 saturated heterocycles. The quantitative estimate of drug-likeness (QED) is 0.454. The van der Waals surface area contributed by atoms with Crippen LogP contribution in [0.2, 0.25) is 0 Å². The Morgan fingerprint density at radius 3 is 2.27 bits per heavy atom. The van der Waals surface area contributed by atoms with Crippen molar-refractivity contribution in [3.8, 4) is 11.8 Å². The standard InChI is InChI=1S/C22H17FO3/c1-3-20(24)13-17-8-5-16(6-9-17)7-10-18-11-12-19(21(23)14-18)15-26-22(25)4-2/h3-6,8-9,11-12,14H,1-2,13,15H2. The fraction of sp³-hybridized carbons (Fsp3) is 0.0909. The van der Waals surface area contributed by atoms with E-state index in [4.69, 9.17) is 4.74 Å². The zero-order chi connectivity index (χ0) is 18.9. The lowest BCUT2D eigenvalue weighted by Gasteiger charge is -2.04. The number of ether oxygens (including phenoxy) is 1. The molecule has 0 radical (unpaired) electrons. The average Bonchev–Trinajstić information content (AvgIpc) is 2.66. The van der Waals surface area contributed by atoms with Gasteiger partial charge in [-0.05, 0) is 35.9 Å². The summed E-state index contributed by atoms with van der Waals surface area (Å²) in [6.45, 7) is 6.56. The van der Waals surface area contributed by atoms with E-state index in [1.165, 1.54) is 18.2 Å². The molecule has 0 amide bonds. The highest BCUT2D eigenvalue weighted by molar-refractivity contribution is 5.90. The van der Waals surface area contributed by atoms with E-state index in [1.807, 2.05) is 12.1 Å². The first kappa shape index (κ1) is 18.9. The van der Waals surface area contributed by atoms with Gasteiger partial charge in [-0.1, -0.05) is 43.2 Å². The summed E-state index contributed by atoms with van der Waals surface area (Å²) in [4.78, 5) is 22.3.